The summed E-state index contributed by atoms with van der Waals surface area (Å²) in [6, 6.07) is 0. The zero-order chi connectivity index (χ0) is 11.6. The van der Waals surface area contributed by atoms with Gasteiger partial charge in [-0.25, -0.2) is 0 Å². The Balaban J connectivity index is 2.94. The average Bonchev–Trinajstić information content (AvgIpc) is 2.41. The van der Waals surface area contributed by atoms with Gasteiger partial charge in [-0.2, -0.15) is 5.10 Å². The minimum atomic E-state index is -0.981. The molecular formula is C10H18N2O3. The average molecular weight is 214 g/mol. The molecule has 0 fully saturated rings. The zero-order valence-corrected chi connectivity index (χ0v) is 9.30. The monoisotopic (exact) mass is 214 g/mol. The number of aliphatic hydroxyl groups excluding tert-OH is 3. The van der Waals surface area contributed by atoms with Crippen LogP contribution in [-0.4, -0.2) is 37.8 Å². The van der Waals surface area contributed by atoms with Crippen LogP contribution in [0.5, 0.6) is 0 Å². The fourth-order valence-corrected chi connectivity index (χ4v) is 1.70. The van der Waals surface area contributed by atoms with Crippen LogP contribution in [0.3, 0.4) is 0 Å². The largest absolute Gasteiger partial charge is 0.396 e. The normalized spacial score (nSPS) is 15.3. The standard InChI is InChI=1S/C10H18N2O3/c1-6-9(7(2)12(3)11-6)10(15)8(14)4-5-13/h8,10,13-15H,4-5H2,1-3H3. The van der Waals surface area contributed by atoms with E-state index >= 15 is 0 Å². The van der Waals surface area contributed by atoms with Gasteiger partial charge in [0.1, 0.15) is 6.10 Å². The second kappa shape index (κ2) is 4.74. The Morgan fingerprint density at radius 1 is 1.33 bits per heavy atom. The zero-order valence-electron chi connectivity index (χ0n) is 9.30. The minimum absolute atomic E-state index is 0.142. The number of nitrogens with zero attached hydrogens (tertiary/aromatic N) is 2. The van der Waals surface area contributed by atoms with E-state index < -0.39 is 12.2 Å². The summed E-state index contributed by atoms with van der Waals surface area (Å²) < 4.78 is 1.67. The van der Waals surface area contributed by atoms with Crippen LogP contribution in [0.1, 0.15) is 29.5 Å². The van der Waals surface area contributed by atoms with Gasteiger partial charge in [0.2, 0.25) is 0 Å². The van der Waals surface area contributed by atoms with E-state index in [9.17, 15) is 10.2 Å². The Bertz CT molecular complexity index is 336. The number of hydrogen-bond acceptors (Lipinski definition) is 4. The fourth-order valence-electron chi connectivity index (χ4n) is 1.70. The number of rotatable bonds is 4. The Morgan fingerprint density at radius 2 is 1.93 bits per heavy atom. The third-order valence-electron chi connectivity index (χ3n) is 2.65. The molecule has 0 bridgehead atoms. The minimum Gasteiger partial charge on any atom is -0.396 e. The molecule has 15 heavy (non-hydrogen) atoms. The molecule has 0 aliphatic rings. The molecule has 1 aromatic heterocycles. The second-order valence-corrected chi connectivity index (χ2v) is 3.73. The maximum absolute atomic E-state index is 9.88. The molecule has 0 saturated heterocycles. The number of aromatic nitrogens is 2. The lowest BCUT2D eigenvalue weighted by atomic mass is 10.0. The van der Waals surface area contributed by atoms with Gasteiger partial charge in [0.25, 0.3) is 0 Å². The molecule has 1 heterocycles. The van der Waals surface area contributed by atoms with Crippen LogP contribution in [0.15, 0.2) is 0 Å². The molecule has 3 N–H and O–H groups in total. The summed E-state index contributed by atoms with van der Waals surface area (Å²) in [7, 11) is 1.79. The summed E-state index contributed by atoms with van der Waals surface area (Å²) in [4.78, 5) is 0. The highest BCUT2D eigenvalue weighted by atomic mass is 16.3. The van der Waals surface area contributed by atoms with E-state index in [4.69, 9.17) is 5.11 Å². The molecule has 0 aromatic carbocycles. The number of aryl methyl sites for hydroxylation is 2. The van der Waals surface area contributed by atoms with E-state index in [2.05, 4.69) is 5.10 Å². The van der Waals surface area contributed by atoms with E-state index in [1.165, 1.54) is 0 Å². The molecule has 0 spiro atoms. The van der Waals surface area contributed by atoms with Crippen molar-refractivity contribution in [2.75, 3.05) is 6.61 Å². The molecule has 0 saturated carbocycles. The first-order valence-corrected chi connectivity index (χ1v) is 4.96. The summed E-state index contributed by atoms with van der Waals surface area (Å²) >= 11 is 0. The van der Waals surface area contributed by atoms with E-state index in [0.717, 1.165) is 5.69 Å². The van der Waals surface area contributed by atoms with E-state index in [-0.39, 0.29) is 13.0 Å². The smallest absolute Gasteiger partial charge is 0.108 e. The topological polar surface area (TPSA) is 78.5 Å². The van der Waals surface area contributed by atoms with Crippen molar-refractivity contribution in [1.82, 2.24) is 9.78 Å². The maximum atomic E-state index is 9.88. The SMILES string of the molecule is Cc1nn(C)c(C)c1C(O)C(O)CCO. The lowest BCUT2D eigenvalue weighted by Crippen LogP contribution is -2.20. The molecule has 0 radical (unpaired) electrons. The van der Waals surface area contributed by atoms with Crippen LogP contribution >= 0.6 is 0 Å². The van der Waals surface area contributed by atoms with Crippen molar-refractivity contribution in [3.05, 3.63) is 17.0 Å². The molecule has 0 amide bonds. The van der Waals surface area contributed by atoms with E-state index in [1.807, 2.05) is 6.92 Å². The van der Waals surface area contributed by atoms with Gasteiger partial charge < -0.3 is 15.3 Å². The summed E-state index contributed by atoms with van der Waals surface area (Å²) in [6.45, 7) is 3.48. The Hall–Kier alpha value is -0.910. The van der Waals surface area contributed by atoms with E-state index in [0.29, 0.717) is 11.3 Å². The van der Waals surface area contributed by atoms with Crippen LogP contribution in [0.2, 0.25) is 0 Å². The predicted molar refractivity (Wildman–Crippen MR) is 55.4 cm³/mol. The highest BCUT2D eigenvalue weighted by Crippen LogP contribution is 2.24. The van der Waals surface area contributed by atoms with Crippen molar-refractivity contribution in [2.45, 2.75) is 32.5 Å². The first kappa shape index (κ1) is 12.2. The van der Waals surface area contributed by atoms with Crippen molar-refractivity contribution in [3.8, 4) is 0 Å². The number of aliphatic hydroxyl groups is 3. The molecule has 0 aliphatic carbocycles. The quantitative estimate of drug-likeness (QED) is 0.649. The molecule has 2 atom stereocenters. The summed E-state index contributed by atoms with van der Waals surface area (Å²) in [5.41, 5.74) is 2.19. The molecule has 2 unspecified atom stereocenters. The lowest BCUT2D eigenvalue weighted by Gasteiger charge is -2.17. The molecule has 86 valence electrons. The first-order chi connectivity index (χ1) is 6.99. The molecule has 1 aromatic rings. The van der Waals surface area contributed by atoms with Crippen molar-refractivity contribution >= 4 is 0 Å². The highest BCUT2D eigenvalue weighted by Gasteiger charge is 2.24. The first-order valence-electron chi connectivity index (χ1n) is 4.96. The summed E-state index contributed by atoms with van der Waals surface area (Å²) in [5, 5.41) is 32.3. The highest BCUT2D eigenvalue weighted by molar-refractivity contribution is 5.27. The Kier molecular flexibility index (Phi) is 3.84. The van der Waals surface area contributed by atoms with Gasteiger partial charge in [0.15, 0.2) is 0 Å². The Morgan fingerprint density at radius 3 is 2.33 bits per heavy atom. The number of hydrogen-bond donors (Lipinski definition) is 3. The van der Waals surface area contributed by atoms with Gasteiger partial charge in [-0.3, -0.25) is 4.68 Å². The third-order valence-corrected chi connectivity index (χ3v) is 2.65. The summed E-state index contributed by atoms with van der Waals surface area (Å²) in [6.07, 6.45) is -1.77. The molecule has 0 aliphatic heterocycles. The summed E-state index contributed by atoms with van der Waals surface area (Å²) in [5.74, 6) is 0. The predicted octanol–water partition coefficient (Wildman–Crippen LogP) is -0.186. The van der Waals surface area contributed by atoms with Crippen LogP contribution < -0.4 is 0 Å². The molecule has 1 rings (SSSR count). The maximum Gasteiger partial charge on any atom is 0.108 e. The van der Waals surface area contributed by atoms with Crippen molar-refractivity contribution in [3.63, 3.8) is 0 Å². The van der Waals surface area contributed by atoms with Crippen LogP contribution in [-0.2, 0) is 7.05 Å². The van der Waals surface area contributed by atoms with Gasteiger partial charge >= 0.3 is 0 Å². The van der Waals surface area contributed by atoms with Crippen molar-refractivity contribution < 1.29 is 15.3 Å². The lowest BCUT2D eigenvalue weighted by molar-refractivity contribution is 0.00350. The van der Waals surface area contributed by atoms with E-state index in [1.54, 1.807) is 18.7 Å². The van der Waals surface area contributed by atoms with Gasteiger partial charge in [0.05, 0.1) is 11.8 Å². The van der Waals surface area contributed by atoms with Gasteiger partial charge in [-0.15, -0.1) is 0 Å². The fraction of sp³-hybridized carbons (Fsp3) is 0.700. The van der Waals surface area contributed by atoms with Gasteiger partial charge in [-0.1, -0.05) is 0 Å². The molecule has 5 nitrogen and oxygen atoms in total. The molecular weight excluding hydrogens is 196 g/mol. The van der Waals surface area contributed by atoms with Gasteiger partial charge in [-0.05, 0) is 20.3 Å². The third kappa shape index (κ3) is 2.37. The van der Waals surface area contributed by atoms with Crippen LogP contribution in [0, 0.1) is 13.8 Å². The van der Waals surface area contributed by atoms with Crippen LogP contribution in [0.4, 0.5) is 0 Å². The second-order valence-electron chi connectivity index (χ2n) is 3.73. The van der Waals surface area contributed by atoms with Crippen molar-refractivity contribution in [1.29, 1.82) is 0 Å². The molecule has 5 heteroatoms. The Labute approximate surface area is 89.0 Å². The van der Waals surface area contributed by atoms with Crippen molar-refractivity contribution in [2.24, 2.45) is 7.05 Å². The van der Waals surface area contributed by atoms with Gasteiger partial charge in [0, 0.05) is 24.9 Å². The van der Waals surface area contributed by atoms with Crippen LogP contribution in [0.25, 0.3) is 0 Å².